The molecule has 1 aliphatic rings. The van der Waals surface area contributed by atoms with Crippen LogP contribution < -0.4 is 0 Å². The second-order valence-electron chi connectivity index (χ2n) is 5.23. The van der Waals surface area contributed by atoms with Gasteiger partial charge in [-0.1, -0.05) is 0 Å². The van der Waals surface area contributed by atoms with E-state index >= 15 is 0 Å². The van der Waals surface area contributed by atoms with Crippen LogP contribution in [0.3, 0.4) is 0 Å². The summed E-state index contributed by atoms with van der Waals surface area (Å²) in [7, 11) is 0. The summed E-state index contributed by atoms with van der Waals surface area (Å²) in [5.74, 6) is 0. The van der Waals surface area contributed by atoms with E-state index in [0.29, 0.717) is 6.04 Å². The van der Waals surface area contributed by atoms with E-state index in [9.17, 15) is 0 Å². The van der Waals surface area contributed by atoms with Crippen LogP contribution in [0.5, 0.6) is 0 Å². The fourth-order valence-electron chi connectivity index (χ4n) is 2.36. The quantitative estimate of drug-likeness (QED) is 0.607. The van der Waals surface area contributed by atoms with E-state index < -0.39 is 0 Å². The molecule has 0 saturated carbocycles. The molecule has 17 heavy (non-hydrogen) atoms. The van der Waals surface area contributed by atoms with Gasteiger partial charge in [0.25, 0.3) is 0 Å². The molecule has 0 unspecified atom stereocenters. The summed E-state index contributed by atoms with van der Waals surface area (Å²) in [4.78, 5) is 5.19. The first-order chi connectivity index (χ1) is 8.24. The predicted molar refractivity (Wildman–Crippen MR) is 73.5 cm³/mol. The van der Waals surface area contributed by atoms with E-state index in [1.54, 1.807) is 0 Å². The Morgan fingerprint density at radius 2 is 1.71 bits per heavy atom. The highest BCUT2D eigenvalue weighted by atomic mass is 16.5. The summed E-state index contributed by atoms with van der Waals surface area (Å²) in [5, 5.41) is 0. The van der Waals surface area contributed by atoms with Crippen LogP contribution in [0.4, 0.5) is 0 Å². The van der Waals surface area contributed by atoms with Gasteiger partial charge in [-0.3, -0.25) is 4.90 Å². The van der Waals surface area contributed by atoms with Crippen LogP contribution in [0, 0.1) is 0 Å². The smallest absolute Gasteiger partial charge is 0.0465 e. The maximum Gasteiger partial charge on any atom is 0.0465 e. The van der Waals surface area contributed by atoms with Crippen LogP contribution in [-0.2, 0) is 4.74 Å². The van der Waals surface area contributed by atoms with Crippen molar-refractivity contribution in [3.63, 3.8) is 0 Å². The van der Waals surface area contributed by atoms with Gasteiger partial charge in [0.15, 0.2) is 0 Å². The van der Waals surface area contributed by atoms with Gasteiger partial charge < -0.3 is 9.64 Å². The van der Waals surface area contributed by atoms with Crippen molar-refractivity contribution in [3.05, 3.63) is 0 Å². The lowest BCUT2D eigenvalue weighted by molar-refractivity contribution is 0.105. The van der Waals surface area contributed by atoms with Crippen LogP contribution in [0.15, 0.2) is 0 Å². The van der Waals surface area contributed by atoms with E-state index in [4.69, 9.17) is 4.74 Å². The van der Waals surface area contributed by atoms with Gasteiger partial charge in [-0.15, -0.1) is 0 Å². The van der Waals surface area contributed by atoms with Gasteiger partial charge in [0.1, 0.15) is 0 Å². The van der Waals surface area contributed by atoms with E-state index in [1.165, 1.54) is 52.0 Å². The summed E-state index contributed by atoms with van der Waals surface area (Å²) >= 11 is 0. The van der Waals surface area contributed by atoms with Gasteiger partial charge >= 0.3 is 0 Å². The number of hydrogen-bond acceptors (Lipinski definition) is 3. The van der Waals surface area contributed by atoms with Gasteiger partial charge in [-0.05, 0) is 46.6 Å². The molecule has 1 fully saturated rings. The lowest BCUT2D eigenvalue weighted by Gasteiger charge is -2.36. The highest BCUT2D eigenvalue weighted by Gasteiger charge is 2.17. The number of nitrogens with zero attached hydrogens (tertiary/aromatic N) is 2. The molecule has 3 heteroatoms. The molecular formula is C14H30N2O. The van der Waals surface area contributed by atoms with E-state index in [-0.39, 0.29) is 0 Å². The standard InChI is InChI=1S/C14H30N2O/c1-4-17-13-7-5-6-8-15-9-11-16(12-10-15)14(2)3/h14H,4-13H2,1-3H3. The van der Waals surface area contributed by atoms with Gasteiger partial charge in [0, 0.05) is 45.4 Å². The molecule has 0 bridgehead atoms. The van der Waals surface area contributed by atoms with Crippen molar-refractivity contribution in [1.82, 2.24) is 9.80 Å². The van der Waals surface area contributed by atoms with Crippen molar-refractivity contribution in [2.75, 3.05) is 45.9 Å². The van der Waals surface area contributed by atoms with Gasteiger partial charge in [-0.2, -0.15) is 0 Å². The number of ether oxygens (including phenoxy) is 1. The first-order valence-electron chi connectivity index (χ1n) is 7.28. The average Bonchev–Trinajstić information content (AvgIpc) is 2.34. The molecule has 102 valence electrons. The third-order valence-corrected chi connectivity index (χ3v) is 3.60. The van der Waals surface area contributed by atoms with Crippen LogP contribution in [0.25, 0.3) is 0 Å². The third kappa shape index (κ3) is 6.39. The molecule has 0 radical (unpaired) electrons. The monoisotopic (exact) mass is 242 g/mol. The Bertz CT molecular complexity index is 177. The lowest BCUT2D eigenvalue weighted by atomic mass is 10.2. The topological polar surface area (TPSA) is 15.7 Å². The largest absolute Gasteiger partial charge is 0.382 e. The predicted octanol–water partition coefficient (Wildman–Crippen LogP) is 2.22. The molecule has 1 aliphatic heterocycles. The zero-order chi connectivity index (χ0) is 12.5. The molecule has 0 aromatic carbocycles. The van der Waals surface area contributed by atoms with Crippen molar-refractivity contribution < 1.29 is 4.74 Å². The molecule has 0 spiro atoms. The summed E-state index contributed by atoms with van der Waals surface area (Å²) in [6.07, 6.45) is 3.86. The molecule has 1 heterocycles. The zero-order valence-corrected chi connectivity index (χ0v) is 12.0. The summed E-state index contributed by atoms with van der Waals surface area (Å²) in [6, 6.07) is 0.711. The molecule has 0 atom stereocenters. The average molecular weight is 242 g/mol. The van der Waals surface area contributed by atoms with E-state index in [2.05, 4.69) is 30.6 Å². The molecule has 0 aromatic rings. The molecule has 0 aliphatic carbocycles. The van der Waals surface area contributed by atoms with E-state index in [1.807, 2.05) is 0 Å². The maximum atomic E-state index is 5.35. The number of unbranched alkanes of at least 4 members (excludes halogenated alkanes) is 2. The molecule has 1 rings (SSSR count). The summed E-state index contributed by atoms with van der Waals surface area (Å²) < 4.78 is 5.35. The molecule has 3 nitrogen and oxygen atoms in total. The fourth-order valence-corrected chi connectivity index (χ4v) is 2.36. The first-order valence-corrected chi connectivity index (χ1v) is 7.28. The second kappa shape index (κ2) is 8.90. The van der Waals surface area contributed by atoms with Crippen molar-refractivity contribution in [2.24, 2.45) is 0 Å². The molecular weight excluding hydrogens is 212 g/mol. The number of hydrogen-bond donors (Lipinski definition) is 0. The minimum absolute atomic E-state index is 0.711. The highest BCUT2D eigenvalue weighted by molar-refractivity contribution is 4.73. The van der Waals surface area contributed by atoms with Gasteiger partial charge in [-0.25, -0.2) is 0 Å². The minimum atomic E-state index is 0.711. The number of piperazine rings is 1. The SMILES string of the molecule is CCOCCCCCN1CCN(C(C)C)CC1. The molecule has 0 amide bonds. The zero-order valence-electron chi connectivity index (χ0n) is 12.0. The Hall–Kier alpha value is -0.120. The normalized spacial score (nSPS) is 19.1. The second-order valence-corrected chi connectivity index (χ2v) is 5.23. The summed E-state index contributed by atoms with van der Waals surface area (Å²) in [6.45, 7) is 14.7. The molecule has 0 N–H and O–H groups in total. The highest BCUT2D eigenvalue weighted by Crippen LogP contribution is 2.07. The number of rotatable bonds is 8. The van der Waals surface area contributed by atoms with E-state index in [0.717, 1.165) is 13.2 Å². The van der Waals surface area contributed by atoms with Crippen LogP contribution >= 0.6 is 0 Å². The van der Waals surface area contributed by atoms with Crippen molar-refractivity contribution >= 4 is 0 Å². The first kappa shape index (κ1) is 14.9. The Balaban J connectivity index is 1.95. The summed E-state index contributed by atoms with van der Waals surface area (Å²) in [5.41, 5.74) is 0. The molecule has 1 saturated heterocycles. The van der Waals surface area contributed by atoms with Crippen LogP contribution in [-0.4, -0.2) is 61.8 Å². The van der Waals surface area contributed by atoms with Crippen LogP contribution in [0.1, 0.15) is 40.0 Å². The van der Waals surface area contributed by atoms with Gasteiger partial charge in [0.2, 0.25) is 0 Å². The minimum Gasteiger partial charge on any atom is -0.382 e. The van der Waals surface area contributed by atoms with Gasteiger partial charge in [0.05, 0.1) is 0 Å². The maximum absolute atomic E-state index is 5.35. The lowest BCUT2D eigenvalue weighted by Crippen LogP contribution is -2.48. The fraction of sp³-hybridized carbons (Fsp3) is 1.00. The van der Waals surface area contributed by atoms with Crippen molar-refractivity contribution in [2.45, 2.75) is 46.1 Å². The third-order valence-electron chi connectivity index (χ3n) is 3.60. The Labute approximate surface area is 107 Å². The van der Waals surface area contributed by atoms with Crippen LogP contribution in [0.2, 0.25) is 0 Å². The molecule has 0 aromatic heterocycles. The van der Waals surface area contributed by atoms with Crippen molar-refractivity contribution in [3.8, 4) is 0 Å². The van der Waals surface area contributed by atoms with Crippen molar-refractivity contribution in [1.29, 1.82) is 0 Å². The Morgan fingerprint density at radius 1 is 1.00 bits per heavy atom. The Kier molecular flexibility index (Phi) is 7.82. The Morgan fingerprint density at radius 3 is 2.29 bits per heavy atom.